The van der Waals surface area contributed by atoms with Crippen LogP contribution in [0.4, 0.5) is 8.78 Å². The third-order valence-electron chi connectivity index (χ3n) is 2.01. The third-order valence-corrected chi connectivity index (χ3v) is 2.01. The van der Waals surface area contributed by atoms with E-state index in [4.69, 9.17) is 9.52 Å². The van der Waals surface area contributed by atoms with Crippen LogP contribution in [0, 0.1) is 0 Å². The number of carboxylic acids is 1. The number of hydrogen-bond donors (Lipinski definition) is 1. The van der Waals surface area contributed by atoms with Gasteiger partial charge in [0.15, 0.2) is 5.58 Å². The van der Waals surface area contributed by atoms with Gasteiger partial charge in [-0.3, -0.25) is 4.79 Å². The minimum Gasteiger partial charge on any atom is -0.481 e. The van der Waals surface area contributed by atoms with Crippen LogP contribution in [0.15, 0.2) is 22.6 Å². The Hall–Kier alpha value is -1.98. The van der Waals surface area contributed by atoms with E-state index in [0.29, 0.717) is 5.52 Å². The molecule has 1 aromatic heterocycles. The van der Waals surface area contributed by atoms with Gasteiger partial charge in [-0.2, -0.15) is 0 Å². The second-order valence-electron chi connectivity index (χ2n) is 3.21. The van der Waals surface area contributed by atoms with E-state index in [9.17, 15) is 13.6 Å². The predicted molar refractivity (Wildman–Crippen MR) is 50.3 cm³/mol. The van der Waals surface area contributed by atoms with E-state index in [-0.39, 0.29) is 23.5 Å². The van der Waals surface area contributed by atoms with Gasteiger partial charge >= 0.3 is 5.97 Å². The lowest BCUT2D eigenvalue weighted by molar-refractivity contribution is -0.136. The van der Waals surface area contributed by atoms with Crippen LogP contribution < -0.4 is 0 Å². The number of oxazole rings is 1. The SMILES string of the molecule is O=C(O)Cc1nc2ccc(C(F)F)cc2o1. The summed E-state index contributed by atoms with van der Waals surface area (Å²) >= 11 is 0. The van der Waals surface area contributed by atoms with Crippen molar-refractivity contribution >= 4 is 17.1 Å². The van der Waals surface area contributed by atoms with Gasteiger partial charge in [0.25, 0.3) is 6.43 Å². The molecule has 0 amide bonds. The second-order valence-corrected chi connectivity index (χ2v) is 3.21. The van der Waals surface area contributed by atoms with Crippen LogP contribution in [0.2, 0.25) is 0 Å². The first-order valence-corrected chi connectivity index (χ1v) is 4.45. The van der Waals surface area contributed by atoms with Gasteiger partial charge in [-0.05, 0) is 12.1 Å². The largest absolute Gasteiger partial charge is 0.481 e. The first-order valence-electron chi connectivity index (χ1n) is 4.45. The zero-order chi connectivity index (χ0) is 11.7. The quantitative estimate of drug-likeness (QED) is 0.874. The second kappa shape index (κ2) is 3.88. The number of aromatic nitrogens is 1. The molecule has 0 spiro atoms. The fraction of sp³-hybridized carbons (Fsp3) is 0.200. The molecule has 0 aliphatic heterocycles. The highest BCUT2D eigenvalue weighted by atomic mass is 19.3. The molecule has 1 N–H and O–H groups in total. The summed E-state index contributed by atoms with van der Waals surface area (Å²) in [6.45, 7) is 0. The number of halogens is 2. The fourth-order valence-electron chi connectivity index (χ4n) is 1.33. The van der Waals surface area contributed by atoms with Crippen molar-refractivity contribution in [3.8, 4) is 0 Å². The molecule has 0 saturated carbocycles. The lowest BCUT2D eigenvalue weighted by Gasteiger charge is -1.96. The predicted octanol–water partition coefficient (Wildman–Crippen LogP) is 2.39. The Balaban J connectivity index is 2.41. The third kappa shape index (κ3) is 2.00. The van der Waals surface area contributed by atoms with Crippen molar-refractivity contribution in [3.63, 3.8) is 0 Å². The van der Waals surface area contributed by atoms with Crippen molar-refractivity contribution < 1.29 is 23.1 Å². The minimum atomic E-state index is -2.59. The maximum atomic E-state index is 12.4. The van der Waals surface area contributed by atoms with Crippen molar-refractivity contribution in [2.45, 2.75) is 12.8 Å². The van der Waals surface area contributed by atoms with Crippen molar-refractivity contribution in [3.05, 3.63) is 29.7 Å². The summed E-state index contributed by atoms with van der Waals surface area (Å²) in [5, 5.41) is 8.51. The molecule has 2 aromatic rings. The number of fused-ring (bicyclic) bond motifs is 1. The number of carboxylic acid groups (broad SMARTS) is 1. The Morgan fingerprint density at radius 2 is 2.25 bits per heavy atom. The Kier molecular flexibility index (Phi) is 2.55. The molecule has 0 unspecified atom stereocenters. The lowest BCUT2D eigenvalue weighted by Crippen LogP contribution is -1.99. The number of hydrogen-bond acceptors (Lipinski definition) is 3. The summed E-state index contributed by atoms with van der Waals surface area (Å²) in [5.74, 6) is -1.07. The first-order chi connectivity index (χ1) is 7.56. The van der Waals surface area contributed by atoms with Gasteiger partial charge in [0.1, 0.15) is 11.9 Å². The summed E-state index contributed by atoms with van der Waals surface area (Å²) in [6, 6.07) is 3.78. The topological polar surface area (TPSA) is 63.3 Å². The highest BCUT2D eigenvalue weighted by molar-refractivity contribution is 5.75. The molecule has 1 aromatic carbocycles. The van der Waals surface area contributed by atoms with Crippen molar-refractivity contribution in [2.24, 2.45) is 0 Å². The molecule has 0 saturated heterocycles. The molecule has 0 aliphatic rings. The Bertz CT molecular complexity index is 536. The van der Waals surface area contributed by atoms with Gasteiger partial charge in [0, 0.05) is 5.56 Å². The van der Waals surface area contributed by atoms with Crippen LogP contribution in [0.5, 0.6) is 0 Å². The van der Waals surface area contributed by atoms with Crippen LogP contribution in [-0.4, -0.2) is 16.1 Å². The summed E-state index contributed by atoms with van der Waals surface area (Å²) in [7, 11) is 0. The summed E-state index contributed by atoms with van der Waals surface area (Å²) in [5.41, 5.74) is 0.375. The maximum Gasteiger partial charge on any atom is 0.312 e. The van der Waals surface area contributed by atoms with E-state index in [0.717, 1.165) is 0 Å². The molecule has 2 rings (SSSR count). The molecule has 0 aliphatic carbocycles. The van der Waals surface area contributed by atoms with Crippen molar-refractivity contribution in [2.75, 3.05) is 0 Å². The van der Waals surface area contributed by atoms with Gasteiger partial charge < -0.3 is 9.52 Å². The van der Waals surface area contributed by atoms with Crippen LogP contribution in [0.3, 0.4) is 0 Å². The molecule has 6 heteroatoms. The molecule has 0 fully saturated rings. The monoisotopic (exact) mass is 227 g/mol. The van der Waals surface area contributed by atoms with Crippen LogP contribution in [0.1, 0.15) is 17.9 Å². The maximum absolute atomic E-state index is 12.4. The zero-order valence-corrected chi connectivity index (χ0v) is 7.98. The van der Waals surface area contributed by atoms with E-state index < -0.39 is 12.4 Å². The number of alkyl halides is 2. The van der Waals surface area contributed by atoms with Crippen molar-refractivity contribution in [1.82, 2.24) is 4.98 Å². The summed E-state index contributed by atoms with van der Waals surface area (Å²) in [4.78, 5) is 14.3. The molecular weight excluding hydrogens is 220 g/mol. The number of nitrogens with zero attached hydrogens (tertiary/aromatic N) is 1. The molecule has 4 nitrogen and oxygen atoms in total. The van der Waals surface area contributed by atoms with Gasteiger partial charge in [-0.25, -0.2) is 13.8 Å². The Morgan fingerprint density at radius 3 is 2.88 bits per heavy atom. The standard InChI is InChI=1S/C10H7F2NO3/c11-10(12)5-1-2-6-7(3-5)16-8(13-6)4-9(14)15/h1-3,10H,4H2,(H,14,15). The zero-order valence-electron chi connectivity index (χ0n) is 7.98. The summed E-state index contributed by atoms with van der Waals surface area (Å²) in [6.07, 6.45) is -2.95. The van der Waals surface area contributed by atoms with Crippen molar-refractivity contribution in [1.29, 1.82) is 0 Å². The van der Waals surface area contributed by atoms with E-state index >= 15 is 0 Å². The molecule has 84 valence electrons. The minimum absolute atomic E-state index is 0.00826. The Morgan fingerprint density at radius 1 is 1.50 bits per heavy atom. The number of aliphatic carboxylic acids is 1. The number of carbonyl (C=O) groups is 1. The summed E-state index contributed by atoms with van der Waals surface area (Å²) < 4.78 is 29.8. The van der Waals surface area contributed by atoms with Gasteiger partial charge in [-0.15, -0.1) is 0 Å². The smallest absolute Gasteiger partial charge is 0.312 e. The average molecular weight is 227 g/mol. The van der Waals surface area contributed by atoms with E-state index in [1.165, 1.54) is 18.2 Å². The first kappa shape index (κ1) is 10.5. The molecule has 0 radical (unpaired) electrons. The Labute approximate surface area is 88.5 Å². The molecule has 0 bridgehead atoms. The van der Waals surface area contributed by atoms with Gasteiger partial charge in [0.05, 0.1) is 0 Å². The number of benzene rings is 1. The van der Waals surface area contributed by atoms with Crippen LogP contribution >= 0.6 is 0 Å². The fourth-order valence-corrected chi connectivity index (χ4v) is 1.33. The van der Waals surface area contributed by atoms with E-state index in [1.54, 1.807) is 0 Å². The molecule has 1 heterocycles. The number of rotatable bonds is 3. The highest BCUT2D eigenvalue weighted by Gasteiger charge is 2.12. The lowest BCUT2D eigenvalue weighted by atomic mass is 10.2. The van der Waals surface area contributed by atoms with Crippen LogP contribution in [-0.2, 0) is 11.2 Å². The van der Waals surface area contributed by atoms with E-state index in [2.05, 4.69) is 4.98 Å². The molecule has 16 heavy (non-hydrogen) atoms. The highest BCUT2D eigenvalue weighted by Crippen LogP contribution is 2.24. The normalized spacial score (nSPS) is 11.2. The molecular formula is C10H7F2NO3. The van der Waals surface area contributed by atoms with Gasteiger partial charge in [0.2, 0.25) is 5.89 Å². The van der Waals surface area contributed by atoms with Gasteiger partial charge in [-0.1, -0.05) is 6.07 Å². The average Bonchev–Trinajstić information content (AvgIpc) is 2.56. The molecule has 0 atom stereocenters. The van der Waals surface area contributed by atoms with Crippen LogP contribution in [0.25, 0.3) is 11.1 Å². The van der Waals surface area contributed by atoms with E-state index in [1.807, 2.05) is 0 Å².